The molecule has 2 atom stereocenters. The number of rotatable bonds is 5. The second-order valence-electron chi connectivity index (χ2n) is 6.52. The summed E-state index contributed by atoms with van der Waals surface area (Å²) in [5.74, 6) is 1.48. The molecule has 0 saturated carbocycles. The number of guanidine groups is 1. The molecule has 2 saturated heterocycles. The molecule has 2 fully saturated rings. The highest BCUT2D eigenvalue weighted by molar-refractivity contribution is 14.0. The number of aliphatic imine (C=N–C) groups is 1. The maximum absolute atomic E-state index is 11.6. The number of likely N-dealkylation sites (tertiary alicyclic amines) is 1. The first-order chi connectivity index (χ1) is 11.4. The monoisotopic (exact) mass is 487 g/mol. The Hall–Kier alpha value is -0.780. The van der Waals surface area contributed by atoms with E-state index in [-0.39, 0.29) is 53.5 Å². The predicted molar refractivity (Wildman–Crippen MR) is 110 cm³/mol. The molecule has 0 aromatic heterocycles. The molecule has 146 valence electrons. The third-order valence-electron chi connectivity index (χ3n) is 4.41. The van der Waals surface area contributed by atoms with Gasteiger partial charge in [-0.2, -0.15) is 0 Å². The van der Waals surface area contributed by atoms with Crippen LogP contribution in [0.5, 0.6) is 0 Å². The highest BCUT2D eigenvalue weighted by atomic mass is 127. The van der Waals surface area contributed by atoms with Gasteiger partial charge < -0.3 is 20.9 Å². The van der Waals surface area contributed by atoms with Crippen molar-refractivity contribution in [2.24, 2.45) is 10.9 Å². The Morgan fingerprint density at radius 1 is 1.32 bits per heavy atom. The van der Waals surface area contributed by atoms with Gasteiger partial charge in [0.15, 0.2) is 15.8 Å². The minimum absolute atomic E-state index is 0. The molecule has 2 amide bonds. The third kappa shape index (κ3) is 7.16. The van der Waals surface area contributed by atoms with Crippen molar-refractivity contribution in [3.8, 4) is 0 Å². The first-order valence-corrected chi connectivity index (χ1v) is 10.5. The fourth-order valence-electron chi connectivity index (χ4n) is 3.06. The fraction of sp³-hybridized carbons (Fsp3) is 0.867. The molecule has 2 heterocycles. The van der Waals surface area contributed by atoms with Gasteiger partial charge >= 0.3 is 6.03 Å². The zero-order valence-corrected chi connectivity index (χ0v) is 18.1. The normalized spacial score (nSPS) is 25.4. The van der Waals surface area contributed by atoms with E-state index >= 15 is 0 Å². The summed E-state index contributed by atoms with van der Waals surface area (Å²) in [5.41, 5.74) is 0. The summed E-state index contributed by atoms with van der Waals surface area (Å²) in [6.45, 7) is 4.99. The topological polar surface area (TPSA) is 103 Å². The number of nitrogens with zero attached hydrogens (tertiary/aromatic N) is 2. The van der Waals surface area contributed by atoms with Crippen LogP contribution in [0.2, 0.25) is 0 Å². The molecule has 0 radical (unpaired) electrons. The molecule has 10 heteroatoms. The number of urea groups is 1. The first-order valence-electron chi connectivity index (χ1n) is 8.65. The van der Waals surface area contributed by atoms with Gasteiger partial charge in [-0.05, 0) is 25.2 Å². The average Bonchev–Trinajstić information content (AvgIpc) is 3.13. The van der Waals surface area contributed by atoms with Crippen LogP contribution in [0.4, 0.5) is 4.79 Å². The zero-order chi connectivity index (χ0) is 17.6. The maximum atomic E-state index is 11.6. The van der Waals surface area contributed by atoms with Crippen LogP contribution in [0.25, 0.3) is 0 Å². The number of hydrogen-bond donors (Lipinski definition) is 3. The van der Waals surface area contributed by atoms with Gasteiger partial charge in [0.25, 0.3) is 0 Å². The quantitative estimate of drug-likeness (QED) is 0.296. The number of amides is 2. The Balaban J connectivity index is 0.00000312. The average molecular weight is 487 g/mol. The molecule has 0 bridgehead atoms. The summed E-state index contributed by atoms with van der Waals surface area (Å²) in [4.78, 5) is 18.2. The molecule has 3 N–H and O–H groups in total. The van der Waals surface area contributed by atoms with Gasteiger partial charge in [0.1, 0.15) is 0 Å². The Bertz CT molecular complexity index is 570. The van der Waals surface area contributed by atoms with Crippen LogP contribution in [0, 0.1) is 5.92 Å². The molecule has 2 aliphatic rings. The molecule has 2 unspecified atom stereocenters. The van der Waals surface area contributed by atoms with Crippen molar-refractivity contribution >= 4 is 45.8 Å². The lowest BCUT2D eigenvalue weighted by molar-refractivity contribution is 0.239. The minimum Gasteiger partial charge on any atom is -0.356 e. The molecular weight excluding hydrogens is 457 g/mol. The van der Waals surface area contributed by atoms with Gasteiger partial charge in [0.2, 0.25) is 0 Å². The highest BCUT2D eigenvalue weighted by Crippen LogP contribution is 2.19. The maximum Gasteiger partial charge on any atom is 0.314 e. The summed E-state index contributed by atoms with van der Waals surface area (Å²) in [6.07, 6.45) is 2.57. The van der Waals surface area contributed by atoms with E-state index in [9.17, 15) is 13.2 Å². The van der Waals surface area contributed by atoms with E-state index in [1.165, 1.54) is 0 Å². The van der Waals surface area contributed by atoms with Gasteiger partial charge in [0, 0.05) is 39.3 Å². The molecule has 2 aliphatic heterocycles. The van der Waals surface area contributed by atoms with Gasteiger partial charge in [0.05, 0.1) is 11.5 Å². The number of hydrogen-bond acceptors (Lipinski definition) is 4. The molecule has 0 aliphatic carbocycles. The van der Waals surface area contributed by atoms with Crippen LogP contribution in [0.15, 0.2) is 4.99 Å². The predicted octanol–water partition coefficient (Wildman–Crippen LogP) is 0.398. The molecular formula is C15H30IN5O3S. The van der Waals surface area contributed by atoms with Crippen LogP contribution in [0.1, 0.15) is 26.2 Å². The second kappa shape index (κ2) is 10.4. The van der Waals surface area contributed by atoms with E-state index < -0.39 is 9.84 Å². The van der Waals surface area contributed by atoms with E-state index in [4.69, 9.17) is 0 Å². The lowest BCUT2D eigenvalue weighted by Gasteiger charge is -2.22. The molecule has 0 spiro atoms. The smallest absolute Gasteiger partial charge is 0.314 e. The molecule has 2 rings (SSSR count). The summed E-state index contributed by atoms with van der Waals surface area (Å²) in [7, 11) is -1.26. The third-order valence-corrected chi connectivity index (χ3v) is 6.25. The van der Waals surface area contributed by atoms with E-state index in [2.05, 4.69) is 32.8 Å². The van der Waals surface area contributed by atoms with Gasteiger partial charge in [-0.1, -0.05) is 6.92 Å². The lowest BCUT2D eigenvalue weighted by atomic mass is 10.1. The van der Waals surface area contributed by atoms with Gasteiger partial charge in [-0.3, -0.25) is 4.99 Å². The van der Waals surface area contributed by atoms with Gasteiger partial charge in [-0.25, -0.2) is 13.2 Å². The van der Waals surface area contributed by atoms with Crippen molar-refractivity contribution in [1.82, 2.24) is 20.9 Å². The number of nitrogens with one attached hydrogen (secondary N) is 3. The molecule has 8 nitrogen and oxygen atoms in total. The Labute approximate surface area is 167 Å². The molecule has 0 aromatic carbocycles. The van der Waals surface area contributed by atoms with E-state index in [0.29, 0.717) is 19.5 Å². The Morgan fingerprint density at radius 2 is 2.08 bits per heavy atom. The largest absolute Gasteiger partial charge is 0.356 e. The standard InChI is InChI=1S/C15H29N5O3S.HI/c1-3-6-17-14(18-9-12-5-8-24(22,23)11-12)20-7-4-13(10-20)19-15(21)16-2;/h12-13H,3-11H2,1-2H3,(H,17,18)(H2,16,19,21);1H. The minimum atomic E-state index is -2.86. The van der Waals surface area contributed by atoms with Crippen LogP contribution in [-0.4, -0.2) is 76.1 Å². The number of halogens is 1. The van der Waals surface area contributed by atoms with E-state index in [0.717, 1.165) is 31.9 Å². The zero-order valence-electron chi connectivity index (χ0n) is 15.0. The van der Waals surface area contributed by atoms with Crippen molar-refractivity contribution in [2.45, 2.75) is 32.2 Å². The van der Waals surface area contributed by atoms with Crippen molar-refractivity contribution in [3.63, 3.8) is 0 Å². The Morgan fingerprint density at radius 3 is 2.68 bits per heavy atom. The summed E-state index contributed by atoms with van der Waals surface area (Å²) in [6, 6.07) is -0.0662. The van der Waals surface area contributed by atoms with Crippen molar-refractivity contribution in [1.29, 1.82) is 0 Å². The van der Waals surface area contributed by atoms with E-state index in [1.807, 2.05) is 0 Å². The van der Waals surface area contributed by atoms with E-state index in [1.54, 1.807) is 7.05 Å². The number of carbonyl (C=O) groups excluding carboxylic acids is 1. The molecule has 25 heavy (non-hydrogen) atoms. The van der Waals surface area contributed by atoms with Crippen LogP contribution >= 0.6 is 24.0 Å². The summed E-state index contributed by atoms with van der Waals surface area (Å²) in [5, 5.41) is 8.83. The van der Waals surface area contributed by atoms with Crippen LogP contribution < -0.4 is 16.0 Å². The number of sulfone groups is 1. The Kier molecular flexibility index (Phi) is 9.25. The van der Waals surface area contributed by atoms with Crippen molar-refractivity contribution in [2.75, 3.05) is 44.7 Å². The summed E-state index contributed by atoms with van der Waals surface area (Å²) >= 11 is 0. The lowest BCUT2D eigenvalue weighted by Crippen LogP contribution is -2.45. The van der Waals surface area contributed by atoms with Crippen molar-refractivity contribution in [3.05, 3.63) is 0 Å². The highest BCUT2D eigenvalue weighted by Gasteiger charge is 2.29. The second-order valence-corrected chi connectivity index (χ2v) is 8.74. The number of carbonyl (C=O) groups is 1. The van der Waals surface area contributed by atoms with Crippen LogP contribution in [0.3, 0.4) is 0 Å². The summed E-state index contributed by atoms with van der Waals surface area (Å²) < 4.78 is 23.1. The van der Waals surface area contributed by atoms with Crippen molar-refractivity contribution < 1.29 is 13.2 Å². The first kappa shape index (κ1) is 22.3. The van der Waals surface area contributed by atoms with Gasteiger partial charge in [-0.15, -0.1) is 24.0 Å². The molecule has 0 aromatic rings. The fourth-order valence-corrected chi connectivity index (χ4v) is 4.91. The van der Waals surface area contributed by atoms with Crippen LogP contribution in [-0.2, 0) is 9.84 Å². The SMILES string of the molecule is CCCNC(=NCC1CCS(=O)(=O)C1)N1CCC(NC(=O)NC)C1.I.